The van der Waals surface area contributed by atoms with Crippen LogP contribution in [0.4, 0.5) is 0 Å². The van der Waals surface area contributed by atoms with Crippen LogP contribution in [0, 0.1) is 13.8 Å². The molecule has 0 amide bonds. The zero-order valence-corrected chi connectivity index (χ0v) is 13.1. The summed E-state index contributed by atoms with van der Waals surface area (Å²) in [5.74, 6) is 0. The summed E-state index contributed by atoms with van der Waals surface area (Å²) >= 11 is 0. The molecule has 0 fully saturated rings. The van der Waals surface area contributed by atoms with Crippen molar-refractivity contribution in [2.24, 2.45) is 0 Å². The standard InChI is InChI=1S/C19H25N/c1-5-20(6-2)19(17-11-7-15(3)8-12-17)18-13-9-16(4)10-14-18/h7-14,19H,5-6H2,1-4H3. The van der Waals surface area contributed by atoms with E-state index in [9.17, 15) is 0 Å². The lowest BCUT2D eigenvalue weighted by molar-refractivity contribution is 0.250. The van der Waals surface area contributed by atoms with E-state index in [1.807, 2.05) is 0 Å². The Hall–Kier alpha value is -1.60. The first kappa shape index (κ1) is 14.8. The van der Waals surface area contributed by atoms with Crippen molar-refractivity contribution in [3.8, 4) is 0 Å². The Morgan fingerprint density at radius 1 is 0.700 bits per heavy atom. The van der Waals surface area contributed by atoms with Crippen LogP contribution >= 0.6 is 0 Å². The van der Waals surface area contributed by atoms with Gasteiger partial charge in [0.15, 0.2) is 0 Å². The van der Waals surface area contributed by atoms with Gasteiger partial charge in [0, 0.05) is 0 Å². The fourth-order valence-electron chi connectivity index (χ4n) is 2.70. The van der Waals surface area contributed by atoms with E-state index in [2.05, 4.69) is 81.1 Å². The van der Waals surface area contributed by atoms with E-state index in [4.69, 9.17) is 0 Å². The van der Waals surface area contributed by atoms with Crippen LogP contribution in [0.1, 0.15) is 42.1 Å². The molecule has 2 aromatic rings. The molecule has 1 nitrogen and oxygen atoms in total. The first-order valence-corrected chi connectivity index (χ1v) is 7.52. The van der Waals surface area contributed by atoms with Crippen molar-refractivity contribution in [2.45, 2.75) is 33.7 Å². The molecule has 2 aromatic carbocycles. The van der Waals surface area contributed by atoms with Crippen LogP contribution in [-0.4, -0.2) is 18.0 Å². The van der Waals surface area contributed by atoms with Gasteiger partial charge in [0.1, 0.15) is 0 Å². The van der Waals surface area contributed by atoms with Gasteiger partial charge >= 0.3 is 0 Å². The van der Waals surface area contributed by atoms with Crippen molar-refractivity contribution in [3.63, 3.8) is 0 Å². The number of aryl methyl sites for hydroxylation is 2. The molecular formula is C19H25N. The minimum atomic E-state index is 0.353. The molecule has 0 saturated carbocycles. The lowest BCUT2D eigenvalue weighted by atomic mass is 9.95. The van der Waals surface area contributed by atoms with Gasteiger partial charge in [-0.15, -0.1) is 0 Å². The van der Waals surface area contributed by atoms with Crippen LogP contribution in [0.25, 0.3) is 0 Å². The minimum Gasteiger partial charge on any atom is -0.293 e. The van der Waals surface area contributed by atoms with E-state index in [1.54, 1.807) is 0 Å². The molecule has 2 rings (SSSR count). The third kappa shape index (κ3) is 3.29. The van der Waals surface area contributed by atoms with E-state index < -0.39 is 0 Å². The van der Waals surface area contributed by atoms with Crippen molar-refractivity contribution >= 4 is 0 Å². The molecule has 1 heteroatoms. The van der Waals surface area contributed by atoms with Gasteiger partial charge in [-0.1, -0.05) is 73.5 Å². The Balaban J connectivity index is 2.43. The van der Waals surface area contributed by atoms with Crippen LogP contribution < -0.4 is 0 Å². The van der Waals surface area contributed by atoms with Gasteiger partial charge in [-0.05, 0) is 38.1 Å². The highest BCUT2D eigenvalue weighted by atomic mass is 15.1. The van der Waals surface area contributed by atoms with Crippen molar-refractivity contribution in [2.75, 3.05) is 13.1 Å². The van der Waals surface area contributed by atoms with Crippen molar-refractivity contribution in [1.29, 1.82) is 0 Å². The summed E-state index contributed by atoms with van der Waals surface area (Å²) in [6.45, 7) is 10.9. The van der Waals surface area contributed by atoms with Crippen LogP contribution in [0.2, 0.25) is 0 Å². The van der Waals surface area contributed by atoms with Crippen LogP contribution in [0.5, 0.6) is 0 Å². The van der Waals surface area contributed by atoms with Gasteiger partial charge in [0.2, 0.25) is 0 Å². The summed E-state index contributed by atoms with van der Waals surface area (Å²) in [5, 5.41) is 0. The number of hydrogen-bond acceptors (Lipinski definition) is 1. The normalized spacial score (nSPS) is 11.3. The maximum Gasteiger partial charge on any atom is 0.0601 e. The predicted octanol–water partition coefficient (Wildman–Crippen LogP) is 4.73. The van der Waals surface area contributed by atoms with Gasteiger partial charge in [-0.3, -0.25) is 4.90 Å². The first-order chi connectivity index (χ1) is 9.65. The summed E-state index contributed by atoms with van der Waals surface area (Å²) in [4.78, 5) is 2.51. The summed E-state index contributed by atoms with van der Waals surface area (Å²) in [6, 6.07) is 18.2. The highest BCUT2D eigenvalue weighted by molar-refractivity contribution is 5.34. The van der Waals surface area contributed by atoms with Gasteiger partial charge in [0.05, 0.1) is 6.04 Å². The molecule has 0 unspecified atom stereocenters. The SMILES string of the molecule is CCN(CC)C(c1ccc(C)cc1)c1ccc(C)cc1. The number of rotatable bonds is 5. The second-order valence-electron chi connectivity index (χ2n) is 5.45. The Bertz CT molecular complexity index is 475. The topological polar surface area (TPSA) is 3.24 Å². The molecule has 20 heavy (non-hydrogen) atoms. The average molecular weight is 267 g/mol. The number of nitrogens with zero attached hydrogens (tertiary/aromatic N) is 1. The maximum absolute atomic E-state index is 2.51. The zero-order valence-electron chi connectivity index (χ0n) is 13.1. The predicted molar refractivity (Wildman–Crippen MR) is 87.1 cm³/mol. The van der Waals surface area contributed by atoms with Crippen LogP contribution in [-0.2, 0) is 0 Å². The zero-order chi connectivity index (χ0) is 14.5. The Labute approximate surface area is 123 Å². The van der Waals surface area contributed by atoms with Crippen LogP contribution in [0.15, 0.2) is 48.5 Å². The molecule has 0 radical (unpaired) electrons. The van der Waals surface area contributed by atoms with Crippen LogP contribution in [0.3, 0.4) is 0 Å². The fourth-order valence-corrected chi connectivity index (χ4v) is 2.70. The average Bonchev–Trinajstić information content (AvgIpc) is 2.47. The molecule has 0 aliphatic heterocycles. The first-order valence-electron chi connectivity index (χ1n) is 7.52. The quantitative estimate of drug-likeness (QED) is 0.756. The smallest absolute Gasteiger partial charge is 0.0601 e. The molecule has 0 aliphatic rings. The molecule has 0 N–H and O–H groups in total. The lowest BCUT2D eigenvalue weighted by Crippen LogP contribution is -2.29. The molecule has 0 saturated heterocycles. The lowest BCUT2D eigenvalue weighted by Gasteiger charge is -2.30. The molecule has 0 aromatic heterocycles. The molecule has 106 valence electrons. The molecule has 0 bridgehead atoms. The van der Waals surface area contributed by atoms with Crippen molar-refractivity contribution in [1.82, 2.24) is 4.90 Å². The third-order valence-electron chi connectivity index (χ3n) is 3.96. The van der Waals surface area contributed by atoms with Crippen molar-refractivity contribution in [3.05, 3.63) is 70.8 Å². The van der Waals surface area contributed by atoms with E-state index in [-0.39, 0.29) is 0 Å². The highest BCUT2D eigenvalue weighted by Crippen LogP contribution is 2.28. The van der Waals surface area contributed by atoms with Gasteiger partial charge in [0.25, 0.3) is 0 Å². The molecule has 0 aliphatic carbocycles. The molecule has 0 heterocycles. The third-order valence-corrected chi connectivity index (χ3v) is 3.96. The molecule has 0 spiro atoms. The van der Waals surface area contributed by atoms with E-state index >= 15 is 0 Å². The monoisotopic (exact) mass is 267 g/mol. The van der Waals surface area contributed by atoms with Gasteiger partial charge in [-0.2, -0.15) is 0 Å². The van der Waals surface area contributed by atoms with E-state index in [0.29, 0.717) is 6.04 Å². The second-order valence-corrected chi connectivity index (χ2v) is 5.45. The van der Waals surface area contributed by atoms with Gasteiger partial charge < -0.3 is 0 Å². The van der Waals surface area contributed by atoms with E-state index in [1.165, 1.54) is 22.3 Å². The van der Waals surface area contributed by atoms with E-state index in [0.717, 1.165) is 13.1 Å². The summed E-state index contributed by atoms with van der Waals surface area (Å²) in [6.07, 6.45) is 0. The largest absolute Gasteiger partial charge is 0.293 e. The minimum absolute atomic E-state index is 0.353. The summed E-state index contributed by atoms with van der Waals surface area (Å²) in [7, 11) is 0. The summed E-state index contributed by atoms with van der Waals surface area (Å²) < 4.78 is 0. The van der Waals surface area contributed by atoms with Crippen molar-refractivity contribution < 1.29 is 0 Å². The Kier molecular flexibility index (Phi) is 4.97. The Morgan fingerprint density at radius 3 is 1.35 bits per heavy atom. The maximum atomic E-state index is 2.51. The molecule has 0 atom stereocenters. The summed E-state index contributed by atoms with van der Waals surface area (Å²) in [5.41, 5.74) is 5.39. The molecular weight excluding hydrogens is 242 g/mol. The second kappa shape index (κ2) is 6.71. The van der Waals surface area contributed by atoms with Gasteiger partial charge in [-0.25, -0.2) is 0 Å². The number of benzene rings is 2. The fraction of sp³-hybridized carbons (Fsp3) is 0.368. The Morgan fingerprint density at radius 2 is 1.05 bits per heavy atom. The highest BCUT2D eigenvalue weighted by Gasteiger charge is 2.19. The number of hydrogen-bond donors (Lipinski definition) is 0.